The molecule has 8 nitrogen and oxygen atoms in total. The Kier molecular flexibility index (Phi) is 7.72. The van der Waals surface area contributed by atoms with E-state index >= 15 is 0 Å². The van der Waals surface area contributed by atoms with Crippen LogP contribution in [0.5, 0.6) is 0 Å². The number of anilines is 2. The number of nitrogens with zero attached hydrogens (tertiary/aromatic N) is 1. The third-order valence-electron chi connectivity index (χ3n) is 6.59. The summed E-state index contributed by atoms with van der Waals surface area (Å²) < 4.78 is 55.8. The van der Waals surface area contributed by atoms with Crippen molar-refractivity contribution >= 4 is 37.3 Å². The number of piperidine rings is 1. The van der Waals surface area contributed by atoms with Crippen molar-refractivity contribution in [2.45, 2.75) is 49.8 Å². The second-order valence-electron chi connectivity index (χ2n) is 9.32. The quantitative estimate of drug-likeness (QED) is 0.445. The SMILES string of the molecule is Cc1ccc(NS(=O)(=O)c2ccc(NC(=O)c3cc(S(=O)(=O)N4CCCCC4)ccc3C)cc2)cc1C. The first-order valence-electron chi connectivity index (χ1n) is 12.1. The first-order chi connectivity index (χ1) is 17.5. The van der Waals surface area contributed by atoms with Crippen LogP contribution in [0.1, 0.15) is 46.3 Å². The van der Waals surface area contributed by atoms with E-state index in [4.69, 9.17) is 0 Å². The van der Waals surface area contributed by atoms with Crippen molar-refractivity contribution in [3.05, 3.63) is 82.9 Å². The van der Waals surface area contributed by atoms with Crippen LogP contribution in [-0.2, 0) is 20.0 Å². The maximum Gasteiger partial charge on any atom is 0.261 e. The molecule has 0 bridgehead atoms. The van der Waals surface area contributed by atoms with E-state index in [1.807, 2.05) is 19.9 Å². The first-order valence-corrected chi connectivity index (χ1v) is 15.0. The van der Waals surface area contributed by atoms with Crippen LogP contribution >= 0.6 is 0 Å². The molecule has 1 heterocycles. The average molecular weight is 542 g/mol. The van der Waals surface area contributed by atoms with E-state index in [0.717, 1.165) is 30.4 Å². The van der Waals surface area contributed by atoms with Gasteiger partial charge in [-0.1, -0.05) is 18.6 Å². The van der Waals surface area contributed by atoms with Crippen LogP contribution in [0.15, 0.2) is 70.5 Å². The predicted molar refractivity (Wildman–Crippen MR) is 145 cm³/mol. The summed E-state index contributed by atoms with van der Waals surface area (Å²) in [5.74, 6) is -0.475. The van der Waals surface area contributed by atoms with Crippen molar-refractivity contribution in [1.82, 2.24) is 4.31 Å². The van der Waals surface area contributed by atoms with Gasteiger partial charge in [-0.05, 0) is 98.8 Å². The number of carbonyl (C=O) groups is 1. The minimum atomic E-state index is -3.81. The van der Waals surface area contributed by atoms with Crippen LogP contribution in [0.4, 0.5) is 11.4 Å². The molecule has 37 heavy (non-hydrogen) atoms. The summed E-state index contributed by atoms with van der Waals surface area (Å²) in [4.78, 5) is 13.2. The van der Waals surface area contributed by atoms with E-state index in [9.17, 15) is 21.6 Å². The van der Waals surface area contributed by atoms with Crippen LogP contribution in [0.25, 0.3) is 0 Å². The maximum atomic E-state index is 13.1. The molecular weight excluding hydrogens is 510 g/mol. The molecule has 2 N–H and O–H groups in total. The van der Waals surface area contributed by atoms with Crippen molar-refractivity contribution in [3.8, 4) is 0 Å². The molecule has 1 aliphatic heterocycles. The predicted octanol–water partition coefficient (Wildman–Crippen LogP) is 4.84. The molecule has 0 radical (unpaired) electrons. The van der Waals surface area contributed by atoms with Crippen molar-refractivity contribution in [2.75, 3.05) is 23.1 Å². The second kappa shape index (κ2) is 10.6. The monoisotopic (exact) mass is 541 g/mol. The van der Waals surface area contributed by atoms with Crippen molar-refractivity contribution < 1.29 is 21.6 Å². The standard InChI is InChI=1S/C27H31N3O5S2/c1-19-7-9-23(17-21(19)3)29-36(32,33)24-13-10-22(11-14-24)28-27(31)26-18-25(12-8-20(26)2)37(34,35)30-15-5-4-6-16-30/h7-14,17-18,29H,4-6,15-16H2,1-3H3,(H,28,31). The van der Waals surface area contributed by atoms with Gasteiger partial charge in [-0.2, -0.15) is 4.31 Å². The summed E-state index contributed by atoms with van der Waals surface area (Å²) in [7, 11) is -7.49. The Bertz CT molecular complexity index is 1530. The highest BCUT2D eigenvalue weighted by molar-refractivity contribution is 7.92. The lowest BCUT2D eigenvalue weighted by atomic mass is 10.1. The van der Waals surface area contributed by atoms with Crippen LogP contribution in [-0.4, -0.2) is 40.1 Å². The fourth-order valence-electron chi connectivity index (χ4n) is 4.20. The molecule has 0 aromatic heterocycles. The largest absolute Gasteiger partial charge is 0.322 e. The van der Waals surface area contributed by atoms with Gasteiger partial charge in [0.05, 0.1) is 9.79 Å². The maximum absolute atomic E-state index is 13.1. The zero-order valence-electron chi connectivity index (χ0n) is 21.1. The normalized spacial score (nSPS) is 14.8. The minimum Gasteiger partial charge on any atom is -0.322 e. The Morgan fingerprint density at radius 1 is 0.703 bits per heavy atom. The van der Waals surface area contributed by atoms with Crippen LogP contribution < -0.4 is 10.0 Å². The van der Waals surface area contributed by atoms with Crippen molar-refractivity contribution in [2.24, 2.45) is 0 Å². The topological polar surface area (TPSA) is 113 Å². The zero-order chi connectivity index (χ0) is 26.8. The summed E-state index contributed by atoms with van der Waals surface area (Å²) in [5, 5.41) is 2.74. The Hall–Kier alpha value is -3.21. The van der Waals surface area contributed by atoms with Crippen molar-refractivity contribution in [3.63, 3.8) is 0 Å². The number of rotatable bonds is 7. The van der Waals surface area contributed by atoms with E-state index in [1.165, 1.54) is 40.7 Å². The van der Waals surface area contributed by atoms with E-state index < -0.39 is 26.0 Å². The Morgan fingerprint density at radius 3 is 1.95 bits per heavy atom. The van der Waals surface area contributed by atoms with Gasteiger partial charge >= 0.3 is 0 Å². The summed E-state index contributed by atoms with van der Waals surface area (Å²) in [6, 6.07) is 15.7. The lowest BCUT2D eigenvalue weighted by Gasteiger charge is -2.26. The summed E-state index contributed by atoms with van der Waals surface area (Å²) in [5.41, 5.74) is 3.77. The fraction of sp³-hybridized carbons (Fsp3) is 0.296. The van der Waals surface area contributed by atoms with Crippen LogP contribution in [0, 0.1) is 20.8 Å². The lowest BCUT2D eigenvalue weighted by Crippen LogP contribution is -2.35. The van der Waals surface area contributed by atoms with Gasteiger partial charge in [-0.3, -0.25) is 9.52 Å². The third-order valence-corrected chi connectivity index (χ3v) is 9.88. The smallest absolute Gasteiger partial charge is 0.261 e. The molecule has 1 fully saturated rings. The highest BCUT2D eigenvalue weighted by Crippen LogP contribution is 2.24. The number of sulfonamides is 2. The van der Waals surface area contributed by atoms with Crippen LogP contribution in [0.2, 0.25) is 0 Å². The molecule has 4 rings (SSSR count). The molecule has 196 valence electrons. The number of hydrogen-bond acceptors (Lipinski definition) is 5. The van der Waals surface area contributed by atoms with E-state index in [0.29, 0.717) is 30.0 Å². The number of hydrogen-bond donors (Lipinski definition) is 2. The number of nitrogens with one attached hydrogen (secondary N) is 2. The molecule has 10 heteroatoms. The minimum absolute atomic E-state index is 0.0505. The average Bonchev–Trinajstić information content (AvgIpc) is 2.87. The van der Waals surface area contributed by atoms with Gasteiger partial charge in [0.15, 0.2) is 0 Å². The highest BCUT2D eigenvalue weighted by atomic mass is 32.2. The number of carbonyl (C=O) groups excluding carboxylic acids is 1. The Balaban J connectivity index is 1.50. The fourth-order valence-corrected chi connectivity index (χ4v) is 6.79. The van der Waals surface area contributed by atoms with Gasteiger partial charge in [0.25, 0.3) is 15.9 Å². The molecule has 0 atom stereocenters. The number of amides is 1. The number of benzene rings is 3. The molecular formula is C27H31N3O5S2. The van der Waals surface area contributed by atoms with Crippen LogP contribution in [0.3, 0.4) is 0 Å². The third kappa shape index (κ3) is 6.03. The van der Waals surface area contributed by atoms with Gasteiger partial charge in [0.1, 0.15) is 0 Å². The Morgan fingerprint density at radius 2 is 1.30 bits per heavy atom. The molecule has 1 amide bonds. The van der Waals surface area contributed by atoms with Gasteiger partial charge in [0, 0.05) is 30.0 Å². The molecule has 0 spiro atoms. The lowest BCUT2D eigenvalue weighted by molar-refractivity contribution is 0.102. The van der Waals surface area contributed by atoms with E-state index in [1.54, 1.807) is 25.1 Å². The Labute approximate surface area is 218 Å². The zero-order valence-corrected chi connectivity index (χ0v) is 22.7. The molecule has 3 aromatic rings. The van der Waals surface area contributed by atoms with Crippen molar-refractivity contribution in [1.29, 1.82) is 0 Å². The molecule has 0 saturated carbocycles. The molecule has 0 aliphatic carbocycles. The highest BCUT2D eigenvalue weighted by Gasteiger charge is 2.27. The molecule has 3 aromatic carbocycles. The summed E-state index contributed by atoms with van der Waals surface area (Å²) in [6.07, 6.45) is 2.66. The molecule has 1 saturated heterocycles. The van der Waals surface area contributed by atoms with Gasteiger partial charge in [0.2, 0.25) is 10.0 Å². The summed E-state index contributed by atoms with van der Waals surface area (Å²) in [6.45, 7) is 6.55. The summed E-state index contributed by atoms with van der Waals surface area (Å²) >= 11 is 0. The molecule has 0 unspecified atom stereocenters. The molecule has 1 aliphatic rings. The second-order valence-corrected chi connectivity index (χ2v) is 12.9. The van der Waals surface area contributed by atoms with Gasteiger partial charge < -0.3 is 5.32 Å². The number of aryl methyl sites for hydroxylation is 3. The first kappa shape index (κ1) is 26.8. The van der Waals surface area contributed by atoms with E-state index in [2.05, 4.69) is 10.0 Å². The van der Waals surface area contributed by atoms with Gasteiger partial charge in [-0.15, -0.1) is 0 Å². The van der Waals surface area contributed by atoms with E-state index in [-0.39, 0.29) is 15.4 Å². The van der Waals surface area contributed by atoms with Gasteiger partial charge in [-0.25, -0.2) is 16.8 Å².